The smallest absolute Gasteiger partial charge is 0.251 e. The summed E-state index contributed by atoms with van der Waals surface area (Å²) in [5, 5.41) is 2.98. The second kappa shape index (κ2) is 9.36. The minimum Gasteiger partial charge on any atom is -0.399 e. The van der Waals surface area contributed by atoms with Crippen LogP contribution in [0.15, 0.2) is 54.6 Å². The fraction of sp³-hybridized carbons (Fsp3) is 0.381. The van der Waals surface area contributed by atoms with Gasteiger partial charge in [-0.3, -0.25) is 9.69 Å². The minimum absolute atomic E-state index is 0.0299. The number of benzene rings is 2. The van der Waals surface area contributed by atoms with Crippen molar-refractivity contribution in [2.45, 2.75) is 13.0 Å². The van der Waals surface area contributed by atoms with Gasteiger partial charge in [-0.05, 0) is 42.8 Å². The Balaban J connectivity index is 1.30. The van der Waals surface area contributed by atoms with E-state index >= 15 is 0 Å². The lowest BCUT2D eigenvalue weighted by Crippen LogP contribution is -2.46. The maximum Gasteiger partial charge on any atom is 0.251 e. The third-order valence-corrected chi connectivity index (χ3v) is 4.82. The Bertz CT molecular complexity index is 679. The van der Waals surface area contributed by atoms with Gasteiger partial charge in [0, 0.05) is 50.5 Å². The van der Waals surface area contributed by atoms with E-state index < -0.39 is 0 Å². The molecule has 1 amide bonds. The second-order valence-electron chi connectivity index (χ2n) is 6.83. The Morgan fingerprint density at radius 1 is 0.923 bits per heavy atom. The maximum atomic E-state index is 12.1. The summed E-state index contributed by atoms with van der Waals surface area (Å²) >= 11 is 0. The Labute approximate surface area is 155 Å². The predicted molar refractivity (Wildman–Crippen MR) is 106 cm³/mol. The number of carbonyl (C=O) groups excluding carboxylic acids is 1. The Morgan fingerprint density at radius 3 is 2.27 bits per heavy atom. The molecule has 3 N–H and O–H groups in total. The molecule has 0 aromatic heterocycles. The molecule has 0 spiro atoms. The van der Waals surface area contributed by atoms with Crippen LogP contribution in [0.1, 0.15) is 22.3 Å². The highest BCUT2D eigenvalue weighted by Crippen LogP contribution is 2.09. The van der Waals surface area contributed by atoms with E-state index in [1.807, 2.05) is 0 Å². The van der Waals surface area contributed by atoms with Gasteiger partial charge in [-0.15, -0.1) is 0 Å². The average molecular weight is 352 g/mol. The number of nitrogens with zero attached hydrogens (tertiary/aromatic N) is 2. The lowest BCUT2D eigenvalue weighted by Gasteiger charge is -2.34. The number of rotatable bonds is 7. The number of nitrogens with one attached hydrogen (secondary N) is 1. The van der Waals surface area contributed by atoms with Crippen molar-refractivity contribution in [3.05, 3.63) is 65.7 Å². The van der Waals surface area contributed by atoms with Gasteiger partial charge in [-0.2, -0.15) is 0 Å². The molecular formula is C21H28N4O. The van der Waals surface area contributed by atoms with Crippen LogP contribution < -0.4 is 11.1 Å². The number of nitrogens with two attached hydrogens (primary N) is 1. The summed E-state index contributed by atoms with van der Waals surface area (Å²) in [6, 6.07) is 17.7. The maximum absolute atomic E-state index is 12.1. The lowest BCUT2D eigenvalue weighted by molar-refractivity contribution is 0.0947. The number of anilines is 1. The van der Waals surface area contributed by atoms with E-state index in [1.54, 1.807) is 24.3 Å². The van der Waals surface area contributed by atoms with Crippen LogP contribution in [0.25, 0.3) is 0 Å². The van der Waals surface area contributed by atoms with Crippen molar-refractivity contribution in [1.29, 1.82) is 0 Å². The molecule has 1 saturated heterocycles. The van der Waals surface area contributed by atoms with Crippen molar-refractivity contribution in [3.8, 4) is 0 Å². The van der Waals surface area contributed by atoms with Gasteiger partial charge in [0.05, 0.1) is 0 Å². The summed E-state index contributed by atoms with van der Waals surface area (Å²) < 4.78 is 0. The molecule has 2 aromatic carbocycles. The van der Waals surface area contributed by atoms with Gasteiger partial charge in [0.25, 0.3) is 5.91 Å². The molecule has 0 bridgehead atoms. The summed E-state index contributed by atoms with van der Waals surface area (Å²) in [6.45, 7) is 7.16. The van der Waals surface area contributed by atoms with E-state index in [9.17, 15) is 4.79 Å². The van der Waals surface area contributed by atoms with Gasteiger partial charge in [0.2, 0.25) is 0 Å². The molecule has 0 atom stereocenters. The highest BCUT2D eigenvalue weighted by atomic mass is 16.1. The number of amides is 1. The molecule has 0 unspecified atom stereocenters. The van der Waals surface area contributed by atoms with Gasteiger partial charge in [0.15, 0.2) is 0 Å². The van der Waals surface area contributed by atoms with Crippen molar-refractivity contribution in [3.63, 3.8) is 0 Å². The predicted octanol–water partition coefficient (Wildman–Crippen LogP) is 2.21. The van der Waals surface area contributed by atoms with Crippen molar-refractivity contribution >= 4 is 11.6 Å². The molecule has 1 aliphatic heterocycles. The SMILES string of the molecule is Nc1ccc(C(=O)NCCCN2CCN(Cc3ccccc3)CC2)cc1. The van der Waals surface area contributed by atoms with Gasteiger partial charge < -0.3 is 16.0 Å². The van der Waals surface area contributed by atoms with E-state index in [2.05, 4.69) is 45.4 Å². The first-order valence-corrected chi connectivity index (χ1v) is 9.33. The quantitative estimate of drug-likeness (QED) is 0.592. The summed E-state index contributed by atoms with van der Waals surface area (Å²) in [7, 11) is 0. The molecule has 1 heterocycles. The first kappa shape index (κ1) is 18.4. The van der Waals surface area contributed by atoms with Crippen LogP contribution in [0.4, 0.5) is 5.69 Å². The van der Waals surface area contributed by atoms with Crippen LogP contribution in [0.2, 0.25) is 0 Å². The van der Waals surface area contributed by atoms with Gasteiger partial charge >= 0.3 is 0 Å². The van der Waals surface area contributed by atoms with Gasteiger partial charge in [0.1, 0.15) is 0 Å². The van der Waals surface area contributed by atoms with Gasteiger partial charge in [-0.25, -0.2) is 0 Å². The fourth-order valence-electron chi connectivity index (χ4n) is 3.25. The zero-order chi connectivity index (χ0) is 18.2. The monoisotopic (exact) mass is 352 g/mol. The van der Waals surface area contributed by atoms with E-state index in [-0.39, 0.29) is 5.91 Å². The first-order chi connectivity index (χ1) is 12.7. The summed E-state index contributed by atoms with van der Waals surface area (Å²) in [5.74, 6) is -0.0299. The molecule has 3 rings (SSSR count). The summed E-state index contributed by atoms with van der Waals surface area (Å²) in [5.41, 5.74) is 8.36. The largest absolute Gasteiger partial charge is 0.399 e. The second-order valence-corrected chi connectivity index (χ2v) is 6.83. The average Bonchev–Trinajstić information content (AvgIpc) is 2.68. The number of piperazine rings is 1. The molecule has 0 saturated carbocycles. The number of carbonyl (C=O) groups is 1. The molecule has 5 nitrogen and oxygen atoms in total. The Hall–Kier alpha value is -2.37. The van der Waals surface area contributed by atoms with Crippen LogP contribution >= 0.6 is 0 Å². The first-order valence-electron chi connectivity index (χ1n) is 9.33. The summed E-state index contributed by atoms with van der Waals surface area (Å²) in [6.07, 6.45) is 0.972. The molecule has 0 aliphatic carbocycles. The molecule has 26 heavy (non-hydrogen) atoms. The van der Waals surface area contributed by atoms with Crippen LogP contribution in [0, 0.1) is 0 Å². The third-order valence-electron chi connectivity index (χ3n) is 4.82. The minimum atomic E-state index is -0.0299. The molecule has 5 heteroatoms. The van der Waals surface area contributed by atoms with Crippen molar-refractivity contribution in [2.75, 3.05) is 45.0 Å². The molecule has 2 aromatic rings. The van der Waals surface area contributed by atoms with Crippen molar-refractivity contribution in [1.82, 2.24) is 15.1 Å². The van der Waals surface area contributed by atoms with E-state index in [1.165, 1.54) is 5.56 Å². The normalized spacial score (nSPS) is 15.7. The zero-order valence-electron chi connectivity index (χ0n) is 15.2. The zero-order valence-corrected chi connectivity index (χ0v) is 15.2. The van der Waals surface area contributed by atoms with Crippen LogP contribution in [0.5, 0.6) is 0 Å². The molecule has 0 radical (unpaired) electrons. The Morgan fingerprint density at radius 2 is 1.58 bits per heavy atom. The molecular weight excluding hydrogens is 324 g/mol. The van der Waals surface area contributed by atoms with E-state index in [0.29, 0.717) is 17.8 Å². The topological polar surface area (TPSA) is 61.6 Å². The van der Waals surface area contributed by atoms with Crippen LogP contribution in [-0.2, 0) is 6.54 Å². The lowest BCUT2D eigenvalue weighted by atomic mass is 10.2. The standard InChI is InChI=1S/C21H28N4O/c22-20-9-7-19(8-10-20)21(26)23-11-4-12-24-13-15-25(16-14-24)17-18-5-2-1-3-6-18/h1-3,5-10H,4,11-17,22H2,(H,23,26). The van der Waals surface area contributed by atoms with Crippen LogP contribution in [0.3, 0.4) is 0 Å². The number of hydrogen-bond donors (Lipinski definition) is 2. The molecule has 1 fully saturated rings. The van der Waals surface area contributed by atoms with Crippen LogP contribution in [-0.4, -0.2) is 55.0 Å². The highest BCUT2D eigenvalue weighted by molar-refractivity contribution is 5.94. The van der Waals surface area contributed by atoms with E-state index in [0.717, 1.165) is 45.7 Å². The van der Waals surface area contributed by atoms with Crippen molar-refractivity contribution in [2.24, 2.45) is 0 Å². The fourth-order valence-corrected chi connectivity index (χ4v) is 3.25. The van der Waals surface area contributed by atoms with Gasteiger partial charge in [-0.1, -0.05) is 30.3 Å². The Kier molecular flexibility index (Phi) is 6.63. The highest BCUT2D eigenvalue weighted by Gasteiger charge is 2.16. The third kappa shape index (κ3) is 5.58. The summed E-state index contributed by atoms with van der Waals surface area (Å²) in [4.78, 5) is 17.0. The van der Waals surface area contributed by atoms with Crippen molar-refractivity contribution < 1.29 is 4.79 Å². The molecule has 138 valence electrons. The molecule has 1 aliphatic rings. The number of nitrogen functional groups attached to an aromatic ring is 1. The van der Waals surface area contributed by atoms with E-state index in [4.69, 9.17) is 5.73 Å². The number of hydrogen-bond acceptors (Lipinski definition) is 4.